The van der Waals surface area contributed by atoms with Gasteiger partial charge in [0, 0.05) is 33.8 Å². The number of nitrogens with zero attached hydrogens (tertiary/aromatic N) is 2. The number of thiol groups is 1. The van der Waals surface area contributed by atoms with Gasteiger partial charge >= 0.3 is 0 Å². The summed E-state index contributed by atoms with van der Waals surface area (Å²) in [5.74, 6) is 0.965. The second-order valence-electron chi connectivity index (χ2n) is 8.72. The zero-order valence-corrected chi connectivity index (χ0v) is 19.1. The topological polar surface area (TPSA) is 52.0 Å². The van der Waals surface area contributed by atoms with Crippen LogP contribution in [0.15, 0.2) is 40.9 Å². The maximum atomic E-state index is 14.9. The Bertz CT molecular complexity index is 1080. The Morgan fingerprint density at radius 2 is 1.93 bits per heavy atom. The zero-order valence-electron chi connectivity index (χ0n) is 17.4. The van der Waals surface area contributed by atoms with Crippen molar-refractivity contribution in [1.82, 2.24) is 9.55 Å². The molecule has 0 spiro atoms. The summed E-state index contributed by atoms with van der Waals surface area (Å²) in [6.07, 6.45) is 4.38. The van der Waals surface area contributed by atoms with Crippen molar-refractivity contribution >= 4 is 22.0 Å². The number of rotatable bonds is 6. The Labute approximate surface area is 177 Å². The van der Waals surface area contributed by atoms with Crippen LogP contribution in [0, 0.1) is 11.7 Å². The normalized spacial score (nSPS) is 12.3. The van der Waals surface area contributed by atoms with E-state index in [2.05, 4.69) is 39.6 Å². The van der Waals surface area contributed by atoms with Crippen molar-refractivity contribution in [2.24, 2.45) is 5.92 Å². The number of halogens is 1. The van der Waals surface area contributed by atoms with Gasteiger partial charge in [-0.1, -0.05) is 46.8 Å². The summed E-state index contributed by atoms with van der Waals surface area (Å²) in [5.41, 5.74) is 1.58. The number of benzene rings is 1. The molecular formula is C22H27FN2O2S2. The summed E-state index contributed by atoms with van der Waals surface area (Å²) in [4.78, 5) is 5.41. The average Bonchev–Trinajstić information content (AvgIpc) is 3.22. The lowest BCUT2D eigenvalue weighted by molar-refractivity contribution is 0.505. The van der Waals surface area contributed by atoms with E-state index in [4.69, 9.17) is 0 Å². The molecule has 2 heterocycles. The van der Waals surface area contributed by atoms with Gasteiger partial charge in [0.05, 0.1) is 6.54 Å². The molecule has 4 nitrogen and oxygen atoms in total. The van der Waals surface area contributed by atoms with Gasteiger partial charge in [0.25, 0.3) is 0 Å². The van der Waals surface area contributed by atoms with Crippen molar-refractivity contribution in [2.45, 2.75) is 57.2 Å². The summed E-state index contributed by atoms with van der Waals surface area (Å²) in [7, 11) is -2.73. The van der Waals surface area contributed by atoms with Gasteiger partial charge in [-0.05, 0) is 30.0 Å². The lowest BCUT2D eigenvalue weighted by Crippen LogP contribution is -2.19. The predicted octanol–water partition coefficient (Wildman–Crippen LogP) is 5.27. The highest BCUT2D eigenvalue weighted by Gasteiger charge is 2.21. The minimum Gasteiger partial charge on any atom is -0.330 e. The predicted molar refractivity (Wildman–Crippen MR) is 117 cm³/mol. The third kappa shape index (κ3) is 4.95. The van der Waals surface area contributed by atoms with Crippen molar-refractivity contribution in [2.75, 3.05) is 0 Å². The summed E-state index contributed by atoms with van der Waals surface area (Å²) in [6, 6.07) is 6.86. The van der Waals surface area contributed by atoms with E-state index in [-0.39, 0.29) is 11.2 Å². The molecule has 2 aromatic heterocycles. The van der Waals surface area contributed by atoms with E-state index in [1.807, 2.05) is 16.8 Å². The van der Waals surface area contributed by atoms with E-state index in [0.717, 1.165) is 17.1 Å². The van der Waals surface area contributed by atoms with Gasteiger partial charge in [-0.3, -0.25) is 0 Å². The summed E-state index contributed by atoms with van der Waals surface area (Å²) in [5, 5.41) is 0. The summed E-state index contributed by atoms with van der Waals surface area (Å²) < 4.78 is 40.6. The molecule has 0 aliphatic carbocycles. The maximum absolute atomic E-state index is 14.9. The second-order valence-corrected chi connectivity index (χ2v) is 11.1. The zero-order chi connectivity index (χ0) is 21.3. The highest BCUT2D eigenvalue weighted by molar-refractivity contribution is 7.75. The van der Waals surface area contributed by atoms with E-state index < -0.39 is 10.7 Å². The monoisotopic (exact) mass is 434 g/mol. The first-order valence-electron chi connectivity index (χ1n) is 9.63. The molecule has 29 heavy (non-hydrogen) atoms. The smallest absolute Gasteiger partial charge is 0.178 e. The van der Waals surface area contributed by atoms with E-state index in [0.29, 0.717) is 33.4 Å². The number of hydrogen-bond donors (Lipinski definition) is 1. The summed E-state index contributed by atoms with van der Waals surface area (Å²) >= 11 is 1.28. The minimum atomic E-state index is -2.73. The first-order valence-corrected chi connectivity index (χ1v) is 11.6. The largest absolute Gasteiger partial charge is 0.330 e. The van der Waals surface area contributed by atoms with Crippen LogP contribution in [0.4, 0.5) is 4.39 Å². The fourth-order valence-electron chi connectivity index (χ4n) is 3.38. The van der Waals surface area contributed by atoms with Crippen molar-refractivity contribution in [3.05, 3.63) is 58.7 Å². The number of aromatic nitrogens is 2. The van der Waals surface area contributed by atoms with Crippen molar-refractivity contribution < 1.29 is 12.8 Å². The van der Waals surface area contributed by atoms with Crippen LogP contribution in [0.5, 0.6) is 0 Å². The van der Waals surface area contributed by atoms with Crippen LogP contribution < -0.4 is 0 Å². The standard InChI is InChI=1S/C22H27FN2O2S2/c1-14(2)10-17-12-18(20(28-17)29(26)27)15-6-7-16(19(23)11-15)13-25-9-8-24-21(25)22(3,4)5/h6-9,11-12,14,29H,10,13H2,1-5H3. The first-order chi connectivity index (χ1) is 13.6. The molecule has 0 fully saturated rings. The van der Waals surface area contributed by atoms with Crippen molar-refractivity contribution in [3.8, 4) is 11.1 Å². The van der Waals surface area contributed by atoms with Crippen LogP contribution in [0.1, 0.15) is 50.9 Å². The molecule has 0 amide bonds. The molecule has 0 N–H and O–H groups in total. The third-order valence-corrected chi connectivity index (χ3v) is 6.88. The molecule has 0 saturated heterocycles. The maximum Gasteiger partial charge on any atom is 0.178 e. The Balaban J connectivity index is 1.95. The van der Waals surface area contributed by atoms with Crippen LogP contribution in [0.2, 0.25) is 0 Å². The lowest BCUT2D eigenvalue weighted by atomic mass is 9.95. The number of hydrogen-bond acceptors (Lipinski definition) is 4. The molecule has 0 atom stereocenters. The quantitative estimate of drug-likeness (QED) is 0.538. The van der Waals surface area contributed by atoms with Crippen LogP contribution in [-0.4, -0.2) is 18.0 Å². The van der Waals surface area contributed by atoms with Gasteiger partial charge in [0.1, 0.15) is 15.9 Å². The molecule has 0 aliphatic heterocycles. The number of imidazole rings is 1. The molecule has 3 aromatic rings. The highest BCUT2D eigenvalue weighted by atomic mass is 32.2. The highest BCUT2D eigenvalue weighted by Crippen LogP contribution is 2.35. The first kappa shape index (κ1) is 21.7. The van der Waals surface area contributed by atoms with E-state index in [1.165, 1.54) is 17.4 Å². The van der Waals surface area contributed by atoms with Gasteiger partial charge in [-0.2, -0.15) is 0 Å². The van der Waals surface area contributed by atoms with Crippen LogP contribution in [-0.2, 0) is 29.1 Å². The molecular weight excluding hydrogens is 407 g/mol. The second kappa shape index (κ2) is 8.40. The molecule has 3 rings (SSSR count). The van der Waals surface area contributed by atoms with E-state index in [1.54, 1.807) is 18.3 Å². The fourth-order valence-corrected chi connectivity index (χ4v) is 5.55. The van der Waals surface area contributed by atoms with Gasteiger partial charge in [-0.25, -0.2) is 17.8 Å². The lowest BCUT2D eigenvalue weighted by Gasteiger charge is -2.20. The van der Waals surface area contributed by atoms with Crippen LogP contribution in [0.3, 0.4) is 0 Å². The Kier molecular flexibility index (Phi) is 6.29. The molecule has 0 aliphatic rings. The van der Waals surface area contributed by atoms with Gasteiger partial charge in [0.15, 0.2) is 10.7 Å². The van der Waals surface area contributed by atoms with Crippen LogP contribution >= 0.6 is 11.3 Å². The minimum absolute atomic E-state index is 0.141. The van der Waals surface area contributed by atoms with E-state index >= 15 is 0 Å². The molecule has 156 valence electrons. The molecule has 0 bridgehead atoms. The molecule has 0 unspecified atom stereocenters. The van der Waals surface area contributed by atoms with Gasteiger partial charge in [0.2, 0.25) is 0 Å². The summed E-state index contributed by atoms with van der Waals surface area (Å²) in [6.45, 7) is 10.8. The fraction of sp³-hybridized carbons (Fsp3) is 0.409. The molecule has 0 radical (unpaired) electrons. The van der Waals surface area contributed by atoms with Gasteiger partial charge in [-0.15, -0.1) is 11.3 Å². The Hall–Kier alpha value is -1.99. The Morgan fingerprint density at radius 1 is 1.21 bits per heavy atom. The third-order valence-electron chi connectivity index (χ3n) is 4.63. The molecule has 1 aromatic carbocycles. The SMILES string of the molecule is CC(C)Cc1cc(-c2ccc(Cn3ccnc3C(C)(C)C)c(F)c2)c([SH](=O)=O)s1. The van der Waals surface area contributed by atoms with Crippen molar-refractivity contribution in [3.63, 3.8) is 0 Å². The average molecular weight is 435 g/mol. The number of thiophene rings is 1. The van der Waals surface area contributed by atoms with Crippen molar-refractivity contribution in [1.29, 1.82) is 0 Å². The Morgan fingerprint density at radius 3 is 2.52 bits per heavy atom. The van der Waals surface area contributed by atoms with Gasteiger partial charge < -0.3 is 4.57 Å². The van der Waals surface area contributed by atoms with E-state index in [9.17, 15) is 12.8 Å². The van der Waals surface area contributed by atoms with Crippen LogP contribution in [0.25, 0.3) is 11.1 Å². The molecule has 0 saturated carbocycles. The molecule has 7 heteroatoms.